The third-order valence-electron chi connectivity index (χ3n) is 4.45. The van der Waals surface area contributed by atoms with Crippen molar-refractivity contribution in [2.75, 3.05) is 21.3 Å². The van der Waals surface area contributed by atoms with E-state index in [9.17, 15) is 13.2 Å². The Morgan fingerprint density at radius 2 is 1.61 bits per heavy atom. The van der Waals surface area contributed by atoms with Crippen molar-refractivity contribution in [2.24, 2.45) is 0 Å². The van der Waals surface area contributed by atoms with Crippen LogP contribution in [0.3, 0.4) is 0 Å². The predicted molar refractivity (Wildman–Crippen MR) is 118 cm³/mol. The van der Waals surface area contributed by atoms with Crippen molar-refractivity contribution in [3.8, 4) is 17.2 Å². The highest BCUT2D eigenvalue weighted by Gasteiger charge is 2.16. The first-order valence-corrected chi connectivity index (χ1v) is 11.3. The summed E-state index contributed by atoms with van der Waals surface area (Å²) >= 11 is 0. The Hall–Kier alpha value is -2.78. The SMILES string of the molecule is COc1cc(CCC(=O)NCc2cccc(S(=O)(=O)NC(C)C)c2)cc(OC)c1OC. The van der Waals surface area contributed by atoms with Crippen molar-refractivity contribution in [1.29, 1.82) is 0 Å². The van der Waals surface area contributed by atoms with Gasteiger partial charge in [0.05, 0.1) is 26.2 Å². The molecule has 1 amide bonds. The molecule has 2 aromatic rings. The smallest absolute Gasteiger partial charge is 0.240 e. The van der Waals surface area contributed by atoms with Crippen molar-refractivity contribution in [1.82, 2.24) is 10.0 Å². The molecule has 170 valence electrons. The highest BCUT2D eigenvalue weighted by molar-refractivity contribution is 7.89. The fourth-order valence-electron chi connectivity index (χ4n) is 3.03. The average Bonchev–Trinajstić information content (AvgIpc) is 2.74. The molecule has 0 atom stereocenters. The molecule has 2 aromatic carbocycles. The molecule has 2 N–H and O–H groups in total. The summed E-state index contributed by atoms with van der Waals surface area (Å²) in [6.45, 7) is 3.75. The molecular formula is C22H30N2O6S. The van der Waals surface area contributed by atoms with Crippen molar-refractivity contribution < 1.29 is 27.4 Å². The fraction of sp³-hybridized carbons (Fsp3) is 0.409. The highest BCUT2D eigenvalue weighted by Crippen LogP contribution is 2.38. The highest BCUT2D eigenvalue weighted by atomic mass is 32.2. The second-order valence-electron chi connectivity index (χ2n) is 7.23. The number of amides is 1. The predicted octanol–water partition coefficient (Wildman–Crippen LogP) is 2.65. The minimum Gasteiger partial charge on any atom is -0.493 e. The molecular weight excluding hydrogens is 420 g/mol. The second kappa shape index (κ2) is 11.0. The molecule has 31 heavy (non-hydrogen) atoms. The van der Waals surface area contributed by atoms with Crippen LogP contribution in [0, 0.1) is 0 Å². The van der Waals surface area contributed by atoms with Crippen molar-refractivity contribution in [2.45, 2.75) is 44.2 Å². The lowest BCUT2D eigenvalue weighted by Crippen LogP contribution is -2.30. The molecule has 0 bridgehead atoms. The Kier molecular flexibility index (Phi) is 8.70. The van der Waals surface area contributed by atoms with E-state index in [1.807, 2.05) is 12.1 Å². The molecule has 2 rings (SSSR count). The summed E-state index contributed by atoms with van der Waals surface area (Å²) in [4.78, 5) is 12.5. The molecule has 0 aliphatic rings. The third kappa shape index (κ3) is 6.86. The summed E-state index contributed by atoms with van der Waals surface area (Å²) in [5, 5.41) is 2.83. The average molecular weight is 451 g/mol. The van der Waals surface area contributed by atoms with Gasteiger partial charge in [0.2, 0.25) is 21.7 Å². The summed E-state index contributed by atoms with van der Waals surface area (Å²) in [7, 11) is 1.03. The van der Waals surface area contributed by atoms with Crippen LogP contribution in [0.5, 0.6) is 17.2 Å². The molecule has 8 nitrogen and oxygen atoms in total. The normalized spacial score (nSPS) is 11.3. The number of ether oxygens (including phenoxy) is 3. The van der Waals surface area contributed by atoms with Crippen LogP contribution in [-0.4, -0.2) is 41.7 Å². The summed E-state index contributed by atoms with van der Waals surface area (Å²) in [6, 6.07) is 9.93. The molecule has 0 spiro atoms. The van der Waals surface area contributed by atoms with E-state index in [2.05, 4.69) is 10.0 Å². The Bertz CT molecular complexity index is 980. The Labute approximate surface area is 184 Å². The molecule has 0 unspecified atom stereocenters. The van der Waals surface area contributed by atoms with Gasteiger partial charge in [0.25, 0.3) is 0 Å². The van der Waals surface area contributed by atoms with E-state index in [1.165, 1.54) is 13.2 Å². The molecule has 0 saturated heterocycles. The topological polar surface area (TPSA) is 103 Å². The maximum Gasteiger partial charge on any atom is 0.240 e. The summed E-state index contributed by atoms with van der Waals surface area (Å²) in [6.07, 6.45) is 0.737. The number of nitrogens with one attached hydrogen (secondary N) is 2. The minimum absolute atomic E-state index is 0.151. The van der Waals surface area contributed by atoms with Crippen molar-refractivity contribution in [3.63, 3.8) is 0 Å². The van der Waals surface area contributed by atoms with Gasteiger partial charge in [0.15, 0.2) is 11.5 Å². The first-order chi connectivity index (χ1) is 14.7. The number of hydrogen-bond acceptors (Lipinski definition) is 6. The maximum absolute atomic E-state index is 12.3. The van der Waals surface area contributed by atoms with Gasteiger partial charge in [0, 0.05) is 19.0 Å². The quantitative estimate of drug-likeness (QED) is 0.546. The zero-order valence-electron chi connectivity index (χ0n) is 18.5. The van der Waals surface area contributed by atoms with Crippen LogP contribution in [0.15, 0.2) is 41.3 Å². The van der Waals surface area contributed by atoms with Crippen LogP contribution >= 0.6 is 0 Å². The summed E-state index contributed by atoms with van der Waals surface area (Å²) < 4.78 is 43.2. The summed E-state index contributed by atoms with van der Waals surface area (Å²) in [5.41, 5.74) is 1.57. The number of carbonyl (C=O) groups excluding carboxylic acids is 1. The van der Waals surface area contributed by atoms with E-state index in [0.717, 1.165) is 5.56 Å². The lowest BCUT2D eigenvalue weighted by molar-refractivity contribution is -0.121. The first kappa shape index (κ1) is 24.5. The van der Waals surface area contributed by atoms with Crippen LogP contribution in [0.1, 0.15) is 31.4 Å². The zero-order chi connectivity index (χ0) is 23.0. The van der Waals surface area contributed by atoms with Gasteiger partial charge in [-0.1, -0.05) is 12.1 Å². The Morgan fingerprint density at radius 3 is 2.16 bits per heavy atom. The van der Waals surface area contributed by atoms with E-state index < -0.39 is 10.0 Å². The minimum atomic E-state index is -3.58. The van der Waals surface area contributed by atoms with Crippen LogP contribution in [-0.2, 0) is 27.8 Å². The number of methoxy groups -OCH3 is 3. The second-order valence-corrected chi connectivity index (χ2v) is 8.95. The molecule has 0 aliphatic heterocycles. The number of hydrogen-bond donors (Lipinski definition) is 2. The van der Waals surface area contributed by atoms with Crippen LogP contribution in [0.4, 0.5) is 0 Å². The monoisotopic (exact) mass is 450 g/mol. The third-order valence-corrected chi connectivity index (χ3v) is 6.11. The number of carbonyl (C=O) groups is 1. The number of aryl methyl sites for hydroxylation is 1. The molecule has 0 aromatic heterocycles. The molecule has 0 saturated carbocycles. The lowest BCUT2D eigenvalue weighted by Gasteiger charge is -2.14. The van der Waals surface area contributed by atoms with Crippen LogP contribution in [0.25, 0.3) is 0 Å². The van der Waals surface area contributed by atoms with Crippen molar-refractivity contribution in [3.05, 3.63) is 47.5 Å². The van der Waals surface area contributed by atoms with Gasteiger partial charge in [0.1, 0.15) is 0 Å². The Morgan fingerprint density at radius 1 is 0.968 bits per heavy atom. The number of benzene rings is 2. The zero-order valence-corrected chi connectivity index (χ0v) is 19.3. The maximum atomic E-state index is 12.3. The molecule has 0 heterocycles. The molecule has 0 radical (unpaired) electrons. The van der Waals surface area contributed by atoms with Gasteiger partial charge >= 0.3 is 0 Å². The van der Waals surface area contributed by atoms with Gasteiger partial charge in [-0.2, -0.15) is 0 Å². The van der Waals surface area contributed by atoms with Gasteiger partial charge in [-0.3, -0.25) is 4.79 Å². The largest absolute Gasteiger partial charge is 0.493 e. The van der Waals surface area contributed by atoms with E-state index in [4.69, 9.17) is 14.2 Å². The standard InChI is InChI=1S/C22H30N2O6S/c1-15(2)24-31(26,27)18-8-6-7-17(11-18)14-23-21(25)10-9-16-12-19(28-3)22(30-5)20(13-16)29-4/h6-8,11-13,15,24H,9-10,14H2,1-5H3,(H,23,25). The molecule has 0 aliphatic carbocycles. The van der Waals surface area contributed by atoms with Crippen molar-refractivity contribution >= 4 is 15.9 Å². The van der Waals surface area contributed by atoms with Gasteiger partial charge in [-0.25, -0.2) is 13.1 Å². The molecule has 9 heteroatoms. The Balaban J connectivity index is 1.98. The van der Waals surface area contributed by atoms with E-state index in [0.29, 0.717) is 29.2 Å². The van der Waals surface area contributed by atoms with Crippen LogP contribution in [0.2, 0.25) is 0 Å². The number of sulfonamides is 1. The lowest BCUT2D eigenvalue weighted by atomic mass is 10.1. The van der Waals surface area contributed by atoms with E-state index in [-0.39, 0.29) is 29.8 Å². The van der Waals surface area contributed by atoms with Crippen LogP contribution < -0.4 is 24.2 Å². The van der Waals surface area contributed by atoms with E-state index >= 15 is 0 Å². The van der Waals surface area contributed by atoms with Gasteiger partial charge < -0.3 is 19.5 Å². The number of rotatable bonds is 11. The van der Waals surface area contributed by atoms with Gasteiger partial charge in [-0.15, -0.1) is 0 Å². The molecule has 0 fully saturated rings. The summed E-state index contributed by atoms with van der Waals surface area (Å²) in [5.74, 6) is 1.41. The first-order valence-electron chi connectivity index (χ1n) is 9.87. The van der Waals surface area contributed by atoms with Gasteiger partial charge in [-0.05, 0) is 55.7 Å². The van der Waals surface area contributed by atoms with E-state index in [1.54, 1.807) is 46.3 Å². The fourth-order valence-corrected chi connectivity index (χ4v) is 4.35.